The molecular formula is C25H27F2N3. The number of pyridine rings is 1. The molecule has 4 rings (SSSR count). The Morgan fingerprint density at radius 1 is 0.967 bits per heavy atom. The summed E-state index contributed by atoms with van der Waals surface area (Å²) in [5, 5.41) is 3.59. The molecule has 0 bridgehead atoms. The van der Waals surface area contributed by atoms with Gasteiger partial charge in [-0.2, -0.15) is 0 Å². The number of hydrogen-bond donors (Lipinski definition) is 1. The van der Waals surface area contributed by atoms with E-state index in [1.54, 1.807) is 24.5 Å². The fourth-order valence-corrected chi connectivity index (χ4v) is 4.19. The Balaban J connectivity index is 1.47. The highest BCUT2D eigenvalue weighted by atomic mass is 19.1. The van der Waals surface area contributed by atoms with Gasteiger partial charge in [0, 0.05) is 44.1 Å². The van der Waals surface area contributed by atoms with Crippen molar-refractivity contribution in [3.8, 4) is 0 Å². The quantitative estimate of drug-likeness (QED) is 0.625. The normalized spacial score (nSPS) is 17.5. The lowest BCUT2D eigenvalue weighted by atomic mass is 9.90. The number of nitrogens with zero attached hydrogens (tertiary/aromatic N) is 2. The van der Waals surface area contributed by atoms with E-state index in [-0.39, 0.29) is 23.7 Å². The number of halogens is 2. The van der Waals surface area contributed by atoms with Crippen molar-refractivity contribution >= 4 is 0 Å². The average Bonchev–Trinajstić information content (AvgIpc) is 2.75. The maximum absolute atomic E-state index is 13.8. The summed E-state index contributed by atoms with van der Waals surface area (Å²) in [6.07, 6.45) is 5.22. The van der Waals surface area contributed by atoms with Gasteiger partial charge in [0.05, 0.1) is 0 Å². The highest BCUT2D eigenvalue weighted by molar-refractivity contribution is 5.32. The minimum Gasteiger partial charge on any atom is -0.309 e. The highest BCUT2D eigenvalue weighted by Crippen LogP contribution is 2.26. The highest BCUT2D eigenvalue weighted by Gasteiger charge is 2.27. The molecule has 1 aromatic heterocycles. The summed E-state index contributed by atoms with van der Waals surface area (Å²) in [7, 11) is 0. The third-order valence-electron chi connectivity index (χ3n) is 5.81. The van der Waals surface area contributed by atoms with Crippen LogP contribution in [0, 0.1) is 11.6 Å². The fourth-order valence-electron chi connectivity index (χ4n) is 4.19. The van der Waals surface area contributed by atoms with Gasteiger partial charge in [-0.3, -0.25) is 9.88 Å². The van der Waals surface area contributed by atoms with E-state index < -0.39 is 0 Å². The van der Waals surface area contributed by atoms with Crippen LogP contribution in [0.4, 0.5) is 8.78 Å². The maximum Gasteiger partial charge on any atom is 0.123 e. The van der Waals surface area contributed by atoms with E-state index in [4.69, 9.17) is 0 Å². The third-order valence-corrected chi connectivity index (χ3v) is 5.81. The Labute approximate surface area is 176 Å². The van der Waals surface area contributed by atoms with E-state index in [1.165, 1.54) is 23.3 Å². The molecule has 156 valence electrons. The minimum absolute atomic E-state index is 0.185. The summed E-state index contributed by atoms with van der Waals surface area (Å²) >= 11 is 0. The van der Waals surface area contributed by atoms with Crippen LogP contribution in [0.3, 0.4) is 0 Å². The Kier molecular flexibility index (Phi) is 6.50. The smallest absolute Gasteiger partial charge is 0.123 e. The number of fused-ring (bicyclic) bond motifs is 1. The maximum atomic E-state index is 13.8. The minimum atomic E-state index is -0.222. The molecule has 0 unspecified atom stereocenters. The first-order valence-electron chi connectivity index (χ1n) is 10.4. The first-order valence-corrected chi connectivity index (χ1v) is 10.4. The van der Waals surface area contributed by atoms with Crippen molar-refractivity contribution < 1.29 is 8.78 Å². The van der Waals surface area contributed by atoms with Crippen LogP contribution in [-0.4, -0.2) is 28.5 Å². The van der Waals surface area contributed by atoms with Gasteiger partial charge in [-0.15, -0.1) is 0 Å². The van der Waals surface area contributed by atoms with Gasteiger partial charge in [0.25, 0.3) is 0 Å². The number of benzene rings is 2. The van der Waals surface area contributed by atoms with Gasteiger partial charge < -0.3 is 5.32 Å². The second kappa shape index (κ2) is 9.45. The Morgan fingerprint density at radius 3 is 2.47 bits per heavy atom. The summed E-state index contributed by atoms with van der Waals surface area (Å²) in [6, 6.07) is 16.4. The van der Waals surface area contributed by atoms with Gasteiger partial charge in [0.15, 0.2) is 0 Å². The Morgan fingerprint density at radius 2 is 1.70 bits per heavy atom. The van der Waals surface area contributed by atoms with Crippen LogP contribution < -0.4 is 5.32 Å². The van der Waals surface area contributed by atoms with Crippen LogP contribution in [0.1, 0.15) is 29.2 Å². The van der Waals surface area contributed by atoms with Gasteiger partial charge in [0.2, 0.25) is 0 Å². The lowest BCUT2D eigenvalue weighted by Gasteiger charge is -2.39. The molecule has 2 heterocycles. The third kappa shape index (κ3) is 5.29. The second-order valence-corrected chi connectivity index (χ2v) is 8.17. The number of rotatable bonds is 7. The summed E-state index contributed by atoms with van der Waals surface area (Å²) in [4.78, 5) is 6.53. The number of nitrogens with one attached hydrogen (secondary N) is 1. The molecule has 0 amide bonds. The fraction of sp³-hybridized carbons (Fsp3) is 0.320. The lowest BCUT2D eigenvalue weighted by molar-refractivity contribution is 0.154. The van der Waals surface area contributed by atoms with Crippen LogP contribution in [-0.2, 0) is 25.9 Å². The molecule has 0 aliphatic carbocycles. The van der Waals surface area contributed by atoms with Crippen molar-refractivity contribution in [3.05, 3.63) is 101 Å². The van der Waals surface area contributed by atoms with E-state index in [2.05, 4.69) is 22.1 Å². The predicted octanol–water partition coefficient (Wildman–Crippen LogP) is 4.51. The lowest BCUT2D eigenvalue weighted by Crippen LogP contribution is -2.47. The second-order valence-electron chi connectivity index (χ2n) is 8.17. The molecular weight excluding hydrogens is 380 g/mol. The van der Waals surface area contributed by atoms with Crippen LogP contribution >= 0.6 is 0 Å². The molecule has 1 aliphatic heterocycles. The molecule has 3 nitrogen and oxygen atoms in total. The van der Waals surface area contributed by atoms with Crippen LogP contribution in [0.2, 0.25) is 0 Å². The summed E-state index contributed by atoms with van der Waals surface area (Å²) in [5.74, 6) is -0.407. The van der Waals surface area contributed by atoms with Gasteiger partial charge >= 0.3 is 0 Å². The molecule has 30 heavy (non-hydrogen) atoms. The molecule has 5 heteroatoms. The molecule has 2 atom stereocenters. The standard InChI is InChI=1S/C25H27F2N3/c1-18(29-15-20-8-10-28-11-9-20)16-30-17-21-4-7-24(27)13-22(21)14-25(30)12-19-2-5-23(26)6-3-19/h2-11,13,18,25,29H,12,14-17H2,1H3/t18-,25-/m0/s1. The van der Waals surface area contributed by atoms with Crippen molar-refractivity contribution in [2.75, 3.05) is 6.54 Å². The van der Waals surface area contributed by atoms with Crippen molar-refractivity contribution in [2.45, 2.75) is 44.9 Å². The Bertz CT molecular complexity index is 960. The molecule has 1 N–H and O–H groups in total. The van der Waals surface area contributed by atoms with E-state index in [0.717, 1.165) is 43.6 Å². The SMILES string of the molecule is C[C@@H](CN1Cc2ccc(F)cc2C[C@@H]1Cc1ccc(F)cc1)NCc1ccncc1. The molecule has 0 saturated carbocycles. The zero-order valence-electron chi connectivity index (χ0n) is 17.2. The monoisotopic (exact) mass is 407 g/mol. The number of hydrogen-bond acceptors (Lipinski definition) is 3. The predicted molar refractivity (Wildman–Crippen MR) is 115 cm³/mol. The van der Waals surface area contributed by atoms with Crippen molar-refractivity contribution in [1.82, 2.24) is 15.2 Å². The molecule has 0 radical (unpaired) electrons. The van der Waals surface area contributed by atoms with Crippen molar-refractivity contribution in [3.63, 3.8) is 0 Å². The first kappa shape index (κ1) is 20.6. The molecule has 0 fully saturated rings. The van der Waals surface area contributed by atoms with Crippen LogP contribution in [0.25, 0.3) is 0 Å². The van der Waals surface area contributed by atoms with E-state index in [1.807, 2.05) is 30.3 Å². The molecule has 0 spiro atoms. The zero-order valence-corrected chi connectivity index (χ0v) is 17.2. The van der Waals surface area contributed by atoms with E-state index >= 15 is 0 Å². The van der Waals surface area contributed by atoms with Gasteiger partial charge in [0.1, 0.15) is 11.6 Å². The topological polar surface area (TPSA) is 28.2 Å². The molecule has 1 aliphatic rings. The summed E-state index contributed by atoms with van der Waals surface area (Å²) < 4.78 is 27.1. The van der Waals surface area contributed by atoms with Gasteiger partial charge in [-0.05, 0) is 78.4 Å². The largest absolute Gasteiger partial charge is 0.309 e. The van der Waals surface area contributed by atoms with Gasteiger partial charge in [-0.25, -0.2) is 8.78 Å². The molecule has 0 saturated heterocycles. The zero-order chi connectivity index (χ0) is 20.9. The van der Waals surface area contributed by atoms with Crippen LogP contribution in [0.5, 0.6) is 0 Å². The molecule has 2 aromatic carbocycles. The average molecular weight is 408 g/mol. The number of aromatic nitrogens is 1. The van der Waals surface area contributed by atoms with Gasteiger partial charge in [-0.1, -0.05) is 18.2 Å². The summed E-state index contributed by atoms with van der Waals surface area (Å²) in [6.45, 7) is 4.66. The van der Waals surface area contributed by atoms with Crippen LogP contribution in [0.15, 0.2) is 67.0 Å². The van der Waals surface area contributed by atoms with Crippen molar-refractivity contribution in [2.24, 2.45) is 0 Å². The van der Waals surface area contributed by atoms with Crippen molar-refractivity contribution in [1.29, 1.82) is 0 Å². The Hall–Kier alpha value is -2.63. The molecule has 3 aromatic rings. The first-order chi connectivity index (χ1) is 14.6. The van der Waals surface area contributed by atoms with E-state index in [0.29, 0.717) is 0 Å². The van der Waals surface area contributed by atoms with E-state index in [9.17, 15) is 8.78 Å². The summed E-state index contributed by atoms with van der Waals surface area (Å²) in [5.41, 5.74) is 4.58.